The van der Waals surface area contributed by atoms with Gasteiger partial charge in [-0.05, 0) is 43.8 Å². The van der Waals surface area contributed by atoms with Gasteiger partial charge in [0, 0.05) is 18.7 Å². The molecule has 3 rings (SSSR count). The Hall–Kier alpha value is -2.71. The van der Waals surface area contributed by atoms with Crippen LogP contribution >= 0.6 is 0 Å². The Morgan fingerprint density at radius 3 is 2.73 bits per heavy atom. The van der Waals surface area contributed by atoms with Crippen molar-refractivity contribution in [1.82, 2.24) is 14.3 Å². The van der Waals surface area contributed by atoms with Gasteiger partial charge in [-0.3, -0.25) is 4.79 Å². The van der Waals surface area contributed by atoms with E-state index in [-0.39, 0.29) is 17.2 Å². The zero-order valence-electron chi connectivity index (χ0n) is 14.6. The third-order valence-corrected chi connectivity index (χ3v) is 5.69. The van der Waals surface area contributed by atoms with E-state index >= 15 is 0 Å². The van der Waals surface area contributed by atoms with Crippen LogP contribution in [0.3, 0.4) is 0 Å². The molecule has 0 aliphatic heterocycles. The number of rotatable bonds is 6. The fourth-order valence-corrected chi connectivity index (χ4v) is 3.71. The number of carbonyl (C=O) groups is 1. The smallest absolute Gasteiger partial charge is 0.240 e. The van der Waals surface area contributed by atoms with E-state index in [1.54, 1.807) is 25.4 Å². The molecule has 2 aromatic carbocycles. The Labute approximate surface area is 152 Å². The molecule has 8 heteroatoms. The number of anilines is 1. The predicted octanol–water partition coefficient (Wildman–Crippen LogP) is 2.28. The lowest BCUT2D eigenvalue weighted by atomic mass is 10.2. The van der Waals surface area contributed by atoms with E-state index in [1.807, 2.05) is 28.8 Å². The molecule has 0 saturated heterocycles. The molecular weight excluding hydrogens is 352 g/mol. The highest BCUT2D eigenvalue weighted by Crippen LogP contribution is 2.20. The fraction of sp³-hybridized carbons (Fsp3) is 0.222. The summed E-state index contributed by atoms with van der Waals surface area (Å²) in [6, 6.07) is 12.5. The molecule has 1 aromatic heterocycles. The normalized spacial score (nSPS) is 11.6. The Kier molecular flexibility index (Phi) is 5.06. The standard InChI is InChI=1S/C18H20N4O3S/c1-13-7-8-14(11-17(13)26(24,25)19-2)21-18(23)9-10-22-12-20-15-5-3-4-6-16(15)22/h3-8,11-12,19H,9-10H2,1-2H3,(H,21,23). The van der Waals surface area contributed by atoms with Gasteiger partial charge in [0.15, 0.2) is 0 Å². The summed E-state index contributed by atoms with van der Waals surface area (Å²) in [4.78, 5) is 16.7. The van der Waals surface area contributed by atoms with Gasteiger partial charge in [0.2, 0.25) is 15.9 Å². The number of hydrogen-bond acceptors (Lipinski definition) is 4. The van der Waals surface area contributed by atoms with Crippen LogP contribution in [0, 0.1) is 6.92 Å². The van der Waals surface area contributed by atoms with Crippen molar-refractivity contribution < 1.29 is 13.2 Å². The number of para-hydroxylation sites is 2. The Balaban J connectivity index is 1.70. The molecule has 0 atom stereocenters. The first-order valence-corrected chi connectivity index (χ1v) is 9.63. The van der Waals surface area contributed by atoms with Crippen molar-refractivity contribution in [2.45, 2.75) is 24.8 Å². The van der Waals surface area contributed by atoms with E-state index in [9.17, 15) is 13.2 Å². The average molecular weight is 372 g/mol. The number of amides is 1. The third-order valence-electron chi connectivity index (χ3n) is 4.14. The minimum absolute atomic E-state index is 0.151. The van der Waals surface area contributed by atoms with Crippen LogP contribution in [0.4, 0.5) is 5.69 Å². The summed E-state index contributed by atoms with van der Waals surface area (Å²) >= 11 is 0. The van der Waals surface area contributed by atoms with Crippen molar-refractivity contribution in [3.63, 3.8) is 0 Å². The molecular formula is C18H20N4O3S. The van der Waals surface area contributed by atoms with Crippen molar-refractivity contribution >= 4 is 32.7 Å². The summed E-state index contributed by atoms with van der Waals surface area (Å²) in [7, 11) is -2.22. The molecule has 0 aliphatic rings. The van der Waals surface area contributed by atoms with Crippen LogP contribution in [0.15, 0.2) is 53.7 Å². The Morgan fingerprint density at radius 1 is 1.19 bits per heavy atom. The number of aromatic nitrogens is 2. The highest BCUT2D eigenvalue weighted by atomic mass is 32.2. The van der Waals surface area contributed by atoms with Gasteiger partial charge >= 0.3 is 0 Å². The van der Waals surface area contributed by atoms with Crippen molar-refractivity contribution in [2.75, 3.05) is 12.4 Å². The summed E-state index contributed by atoms with van der Waals surface area (Å²) in [6.45, 7) is 2.19. The summed E-state index contributed by atoms with van der Waals surface area (Å²) in [6.07, 6.45) is 1.96. The Bertz CT molecular complexity index is 1060. The van der Waals surface area contributed by atoms with Crippen LogP contribution in [0.5, 0.6) is 0 Å². The SMILES string of the molecule is CNS(=O)(=O)c1cc(NC(=O)CCn2cnc3ccccc32)ccc1C. The average Bonchev–Trinajstić information content (AvgIpc) is 3.04. The van der Waals surface area contributed by atoms with Crippen molar-refractivity contribution in [2.24, 2.45) is 0 Å². The lowest BCUT2D eigenvalue weighted by molar-refractivity contribution is -0.116. The number of nitrogens with one attached hydrogen (secondary N) is 2. The van der Waals surface area contributed by atoms with Crippen LogP contribution in [0.2, 0.25) is 0 Å². The Morgan fingerprint density at radius 2 is 1.96 bits per heavy atom. The second-order valence-electron chi connectivity index (χ2n) is 5.91. The van der Waals surface area contributed by atoms with Gasteiger partial charge in [-0.2, -0.15) is 0 Å². The molecule has 0 radical (unpaired) electrons. The van der Waals surface area contributed by atoms with E-state index in [4.69, 9.17) is 0 Å². The molecule has 7 nitrogen and oxygen atoms in total. The van der Waals surface area contributed by atoms with Gasteiger partial charge in [-0.25, -0.2) is 18.1 Å². The summed E-state index contributed by atoms with van der Waals surface area (Å²) in [5, 5.41) is 2.75. The van der Waals surface area contributed by atoms with E-state index in [1.165, 1.54) is 13.1 Å². The summed E-state index contributed by atoms with van der Waals surface area (Å²) in [5.41, 5.74) is 2.92. The van der Waals surface area contributed by atoms with E-state index in [0.29, 0.717) is 17.8 Å². The zero-order valence-corrected chi connectivity index (χ0v) is 15.4. The maximum absolute atomic E-state index is 12.2. The van der Waals surface area contributed by atoms with E-state index in [0.717, 1.165) is 11.0 Å². The van der Waals surface area contributed by atoms with Crippen LogP contribution in [0.1, 0.15) is 12.0 Å². The summed E-state index contributed by atoms with van der Waals surface area (Å²) in [5.74, 6) is -0.195. The molecule has 1 amide bonds. The first kappa shape index (κ1) is 18.1. The van der Waals surface area contributed by atoms with Gasteiger partial charge < -0.3 is 9.88 Å². The lowest BCUT2D eigenvalue weighted by Gasteiger charge is -2.11. The fourth-order valence-electron chi connectivity index (χ4n) is 2.71. The van der Waals surface area contributed by atoms with Crippen molar-refractivity contribution in [3.05, 3.63) is 54.4 Å². The number of benzene rings is 2. The molecule has 136 valence electrons. The summed E-state index contributed by atoms with van der Waals surface area (Å²) < 4.78 is 28.3. The molecule has 26 heavy (non-hydrogen) atoms. The first-order valence-electron chi connectivity index (χ1n) is 8.14. The van der Waals surface area contributed by atoms with Crippen LogP contribution in [-0.4, -0.2) is 30.9 Å². The number of fused-ring (bicyclic) bond motifs is 1. The minimum atomic E-state index is -3.57. The molecule has 0 bridgehead atoms. The molecule has 0 aliphatic carbocycles. The second kappa shape index (κ2) is 7.27. The van der Waals surface area contributed by atoms with Crippen LogP contribution in [0.25, 0.3) is 11.0 Å². The lowest BCUT2D eigenvalue weighted by Crippen LogP contribution is -2.20. The molecule has 0 saturated carbocycles. The van der Waals surface area contributed by atoms with Gasteiger partial charge in [-0.15, -0.1) is 0 Å². The molecule has 2 N–H and O–H groups in total. The predicted molar refractivity (Wildman–Crippen MR) is 100 cm³/mol. The number of nitrogens with zero attached hydrogens (tertiary/aromatic N) is 2. The quantitative estimate of drug-likeness (QED) is 0.694. The van der Waals surface area contributed by atoms with Gasteiger partial charge in [-0.1, -0.05) is 18.2 Å². The van der Waals surface area contributed by atoms with E-state index in [2.05, 4.69) is 15.0 Å². The first-order chi connectivity index (χ1) is 12.4. The highest BCUT2D eigenvalue weighted by molar-refractivity contribution is 7.89. The molecule has 0 fully saturated rings. The second-order valence-corrected chi connectivity index (χ2v) is 7.77. The van der Waals surface area contributed by atoms with Gasteiger partial charge in [0.1, 0.15) is 0 Å². The van der Waals surface area contributed by atoms with Crippen molar-refractivity contribution in [3.8, 4) is 0 Å². The van der Waals surface area contributed by atoms with Gasteiger partial charge in [0.05, 0.1) is 22.3 Å². The zero-order chi connectivity index (χ0) is 18.7. The maximum Gasteiger partial charge on any atom is 0.240 e. The third kappa shape index (κ3) is 3.76. The number of carbonyl (C=O) groups excluding carboxylic acids is 1. The van der Waals surface area contributed by atoms with E-state index < -0.39 is 10.0 Å². The number of imidazole rings is 1. The number of aryl methyl sites for hydroxylation is 2. The molecule has 3 aromatic rings. The van der Waals surface area contributed by atoms with Gasteiger partial charge in [0.25, 0.3) is 0 Å². The largest absolute Gasteiger partial charge is 0.330 e. The molecule has 0 unspecified atom stereocenters. The van der Waals surface area contributed by atoms with Crippen LogP contribution in [-0.2, 0) is 21.4 Å². The molecule has 1 heterocycles. The maximum atomic E-state index is 12.2. The topological polar surface area (TPSA) is 93.1 Å². The van der Waals surface area contributed by atoms with Crippen molar-refractivity contribution in [1.29, 1.82) is 0 Å². The number of hydrogen-bond donors (Lipinski definition) is 2. The number of sulfonamides is 1. The minimum Gasteiger partial charge on any atom is -0.330 e. The highest BCUT2D eigenvalue weighted by Gasteiger charge is 2.15. The van der Waals surface area contributed by atoms with Crippen LogP contribution < -0.4 is 10.0 Å². The molecule has 0 spiro atoms. The monoisotopic (exact) mass is 372 g/mol.